The van der Waals surface area contributed by atoms with E-state index in [0.717, 1.165) is 0 Å². The molecule has 12 heteroatoms. The molecule has 1 amide bonds. The molecule has 1 saturated heterocycles. The number of ether oxygens (including phenoxy) is 2. The minimum atomic E-state index is -3.93. The van der Waals surface area contributed by atoms with Gasteiger partial charge >= 0.3 is 5.97 Å². The van der Waals surface area contributed by atoms with Crippen molar-refractivity contribution in [1.29, 1.82) is 0 Å². The molecule has 2 aromatic carbocycles. The number of esters is 1. The molecule has 1 aliphatic rings. The molecule has 0 radical (unpaired) electrons. The predicted molar refractivity (Wildman–Crippen MR) is 126 cm³/mol. The number of sulfonamides is 1. The molecule has 0 atom stereocenters. The first-order valence-corrected chi connectivity index (χ1v) is 12.3. The minimum Gasteiger partial charge on any atom is -0.496 e. The maximum absolute atomic E-state index is 13.2. The van der Waals surface area contributed by atoms with Gasteiger partial charge in [-0.3, -0.25) is 15.2 Å². The Morgan fingerprint density at radius 2 is 1.74 bits per heavy atom. The molecule has 11 nitrogen and oxygen atoms in total. The van der Waals surface area contributed by atoms with Crippen LogP contribution in [-0.4, -0.2) is 67.1 Å². The fourth-order valence-electron chi connectivity index (χ4n) is 3.96. The van der Waals surface area contributed by atoms with Gasteiger partial charge in [-0.15, -0.1) is 5.10 Å². The van der Waals surface area contributed by atoms with E-state index in [4.69, 9.17) is 9.47 Å². The van der Waals surface area contributed by atoms with Crippen LogP contribution in [0.25, 0.3) is 11.4 Å². The second-order valence-corrected chi connectivity index (χ2v) is 9.77. The Kier molecular flexibility index (Phi) is 7.12. The number of carbonyl (C=O) groups is 2. The zero-order chi connectivity index (χ0) is 25.0. The monoisotopic (exact) mass is 499 g/mol. The van der Waals surface area contributed by atoms with Crippen molar-refractivity contribution >= 4 is 27.8 Å². The van der Waals surface area contributed by atoms with Crippen LogP contribution in [0.4, 0.5) is 5.95 Å². The SMILES string of the molecule is COC(=O)c1ccccc1S(=O)(=O)N1CCC(C(=O)Nc2n[nH]c(-c3ccccc3OC)n2)CC1. The second-order valence-electron chi connectivity index (χ2n) is 7.86. The first-order valence-electron chi connectivity index (χ1n) is 10.9. The summed E-state index contributed by atoms with van der Waals surface area (Å²) in [5.74, 6) is -0.240. The highest BCUT2D eigenvalue weighted by atomic mass is 32.2. The number of nitrogens with zero attached hydrogens (tertiary/aromatic N) is 3. The van der Waals surface area contributed by atoms with Gasteiger partial charge in [0.2, 0.25) is 21.9 Å². The summed E-state index contributed by atoms with van der Waals surface area (Å²) in [4.78, 5) is 29.0. The number of H-pyrrole nitrogens is 1. The van der Waals surface area contributed by atoms with Crippen molar-refractivity contribution in [3.63, 3.8) is 0 Å². The number of piperidine rings is 1. The third kappa shape index (κ3) is 5.03. The van der Waals surface area contributed by atoms with E-state index in [-0.39, 0.29) is 35.4 Å². The predicted octanol–water partition coefficient (Wildman–Crippen LogP) is 2.31. The molecule has 184 valence electrons. The quantitative estimate of drug-likeness (QED) is 0.471. The number of nitrogens with one attached hydrogen (secondary N) is 2. The lowest BCUT2D eigenvalue weighted by molar-refractivity contribution is -0.121. The van der Waals surface area contributed by atoms with Gasteiger partial charge in [0, 0.05) is 19.0 Å². The van der Waals surface area contributed by atoms with Crippen LogP contribution in [0, 0.1) is 5.92 Å². The van der Waals surface area contributed by atoms with Crippen molar-refractivity contribution in [2.75, 3.05) is 32.6 Å². The summed E-state index contributed by atoms with van der Waals surface area (Å²) >= 11 is 0. The molecule has 1 aliphatic heterocycles. The average molecular weight is 500 g/mol. The van der Waals surface area contributed by atoms with Crippen molar-refractivity contribution in [2.45, 2.75) is 17.7 Å². The number of hydrogen-bond donors (Lipinski definition) is 2. The lowest BCUT2D eigenvalue weighted by Gasteiger charge is -2.30. The molecular formula is C23H25N5O6S. The fourth-order valence-corrected chi connectivity index (χ4v) is 5.61. The van der Waals surface area contributed by atoms with Crippen LogP contribution in [0.15, 0.2) is 53.4 Å². The number of hydrogen-bond acceptors (Lipinski definition) is 8. The summed E-state index contributed by atoms with van der Waals surface area (Å²) < 4.78 is 37.7. The van der Waals surface area contributed by atoms with Crippen LogP contribution in [0.3, 0.4) is 0 Å². The number of aromatic amines is 1. The minimum absolute atomic E-state index is 0.0228. The molecule has 0 spiro atoms. The number of methoxy groups -OCH3 is 2. The maximum Gasteiger partial charge on any atom is 0.339 e. The van der Waals surface area contributed by atoms with Crippen LogP contribution in [0.2, 0.25) is 0 Å². The van der Waals surface area contributed by atoms with Crippen molar-refractivity contribution in [1.82, 2.24) is 19.5 Å². The van der Waals surface area contributed by atoms with Crippen LogP contribution in [-0.2, 0) is 19.6 Å². The van der Waals surface area contributed by atoms with Gasteiger partial charge < -0.3 is 9.47 Å². The zero-order valence-electron chi connectivity index (χ0n) is 19.2. The molecule has 2 heterocycles. The normalized spacial score (nSPS) is 14.9. The maximum atomic E-state index is 13.2. The van der Waals surface area contributed by atoms with Crippen molar-refractivity contribution in [2.24, 2.45) is 5.92 Å². The summed E-state index contributed by atoms with van der Waals surface area (Å²) in [6, 6.07) is 13.2. The van der Waals surface area contributed by atoms with Gasteiger partial charge in [0.05, 0.1) is 30.2 Å². The van der Waals surface area contributed by atoms with Gasteiger partial charge in [0.15, 0.2) is 5.82 Å². The average Bonchev–Trinajstić information content (AvgIpc) is 3.36. The molecule has 3 aromatic rings. The Balaban J connectivity index is 1.40. The number of para-hydroxylation sites is 1. The molecule has 1 aromatic heterocycles. The van der Waals surface area contributed by atoms with Crippen LogP contribution >= 0.6 is 0 Å². The second kappa shape index (κ2) is 10.2. The summed E-state index contributed by atoms with van der Waals surface area (Å²) in [6.07, 6.45) is 0.629. The highest BCUT2D eigenvalue weighted by molar-refractivity contribution is 7.89. The summed E-state index contributed by atoms with van der Waals surface area (Å²) in [5, 5.41) is 9.54. The van der Waals surface area contributed by atoms with Crippen molar-refractivity contribution in [3.8, 4) is 17.1 Å². The van der Waals surface area contributed by atoms with E-state index >= 15 is 0 Å². The molecule has 0 aliphatic carbocycles. The van der Waals surface area contributed by atoms with Crippen LogP contribution in [0.5, 0.6) is 5.75 Å². The Bertz CT molecular complexity index is 1330. The van der Waals surface area contributed by atoms with Crippen molar-refractivity contribution in [3.05, 3.63) is 54.1 Å². The number of amides is 1. The first kappa shape index (κ1) is 24.4. The number of anilines is 1. The summed E-state index contributed by atoms with van der Waals surface area (Å²) in [5.41, 5.74) is 0.680. The molecule has 0 unspecified atom stereocenters. The highest BCUT2D eigenvalue weighted by Gasteiger charge is 2.34. The van der Waals surface area contributed by atoms with E-state index < -0.39 is 21.9 Å². The van der Waals surface area contributed by atoms with E-state index in [1.54, 1.807) is 25.3 Å². The van der Waals surface area contributed by atoms with Gasteiger partial charge in [0.25, 0.3) is 0 Å². The Labute approximate surface area is 202 Å². The smallest absolute Gasteiger partial charge is 0.339 e. The van der Waals surface area contributed by atoms with Gasteiger partial charge in [-0.05, 0) is 37.1 Å². The number of aromatic nitrogens is 3. The molecular weight excluding hydrogens is 474 g/mol. The Morgan fingerprint density at radius 3 is 2.46 bits per heavy atom. The lowest BCUT2D eigenvalue weighted by Crippen LogP contribution is -2.41. The first-order chi connectivity index (χ1) is 16.8. The van der Waals surface area contributed by atoms with Gasteiger partial charge in [-0.2, -0.15) is 9.29 Å². The molecule has 35 heavy (non-hydrogen) atoms. The van der Waals surface area contributed by atoms with Gasteiger partial charge in [-0.1, -0.05) is 24.3 Å². The topological polar surface area (TPSA) is 144 Å². The highest BCUT2D eigenvalue weighted by Crippen LogP contribution is 2.29. The molecule has 0 bridgehead atoms. The third-order valence-electron chi connectivity index (χ3n) is 5.82. The fraction of sp³-hybridized carbons (Fsp3) is 0.304. The van der Waals surface area contributed by atoms with Gasteiger partial charge in [0.1, 0.15) is 5.75 Å². The molecule has 4 rings (SSSR count). The summed E-state index contributed by atoms with van der Waals surface area (Å²) in [7, 11) is -1.18. The lowest BCUT2D eigenvalue weighted by atomic mass is 9.97. The Hall–Kier alpha value is -3.77. The molecule has 1 fully saturated rings. The standard InChI is InChI=1S/C23H25N5O6S/c1-33-18-9-5-3-7-16(18)20-24-23(27-26-20)25-21(29)15-11-13-28(14-12-15)35(31,32)19-10-6-4-8-17(19)22(30)34-2/h3-10,15H,11-14H2,1-2H3,(H2,24,25,26,27,29). The van der Waals surface area contributed by atoms with Crippen LogP contribution < -0.4 is 10.1 Å². The largest absolute Gasteiger partial charge is 0.496 e. The number of benzene rings is 2. The third-order valence-corrected chi connectivity index (χ3v) is 7.77. The number of rotatable bonds is 7. The molecule has 2 N–H and O–H groups in total. The van der Waals surface area contributed by atoms with Gasteiger partial charge in [-0.25, -0.2) is 13.2 Å². The zero-order valence-corrected chi connectivity index (χ0v) is 20.0. The van der Waals surface area contributed by atoms with E-state index in [2.05, 4.69) is 20.5 Å². The molecule has 0 saturated carbocycles. The summed E-state index contributed by atoms with van der Waals surface area (Å²) in [6.45, 7) is 0.271. The number of carbonyl (C=O) groups excluding carboxylic acids is 2. The Morgan fingerprint density at radius 1 is 1.06 bits per heavy atom. The van der Waals surface area contributed by atoms with E-state index in [1.807, 2.05) is 18.2 Å². The van der Waals surface area contributed by atoms with Crippen molar-refractivity contribution < 1.29 is 27.5 Å². The van der Waals surface area contributed by atoms with E-state index in [0.29, 0.717) is 30.0 Å². The van der Waals surface area contributed by atoms with E-state index in [9.17, 15) is 18.0 Å². The van der Waals surface area contributed by atoms with E-state index in [1.165, 1.54) is 23.5 Å². The van der Waals surface area contributed by atoms with Crippen LogP contribution in [0.1, 0.15) is 23.2 Å².